The van der Waals surface area contributed by atoms with Gasteiger partial charge in [-0.25, -0.2) is 0 Å². The molecule has 0 aliphatic heterocycles. The van der Waals surface area contributed by atoms with Gasteiger partial charge in [0.15, 0.2) is 0 Å². The minimum Gasteiger partial charge on any atom is -0.497 e. The fourth-order valence-corrected chi connectivity index (χ4v) is 1.88. The number of carbonyl (C=O) groups excluding carboxylic acids is 1. The maximum atomic E-state index is 11.8. The van der Waals surface area contributed by atoms with Crippen molar-refractivity contribution in [2.75, 3.05) is 24.3 Å². The molecule has 0 aromatic heterocycles. The van der Waals surface area contributed by atoms with Gasteiger partial charge in [0.1, 0.15) is 5.75 Å². The second kappa shape index (κ2) is 6.82. The summed E-state index contributed by atoms with van der Waals surface area (Å²) in [7, 11) is 1.58. The highest BCUT2D eigenvalue weighted by molar-refractivity contribution is 6.30. The van der Waals surface area contributed by atoms with Crippen molar-refractivity contribution in [3.8, 4) is 5.75 Å². The Balaban J connectivity index is 1.89. The molecule has 0 radical (unpaired) electrons. The normalized spacial score (nSPS) is 9.90. The predicted molar refractivity (Wildman–Crippen MR) is 81.6 cm³/mol. The van der Waals surface area contributed by atoms with Gasteiger partial charge in [0.05, 0.1) is 13.7 Å². The Morgan fingerprint density at radius 1 is 1.15 bits per heavy atom. The molecular weight excluding hydrogens is 276 g/mol. The van der Waals surface area contributed by atoms with E-state index in [1.54, 1.807) is 31.4 Å². The molecule has 0 heterocycles. The molecule has 0 unspecified atom stereocenters. The standard InChI is InChI=1S/C15H15ClN2O2/c1-20-14-7-3-6-13(9-14)18-15(19)10-17-12-5-2-4-11(16)8-12/h2-9,17H,10H2,1H3,(H,18,19). The number of carbonyl (C=O) groups is 1. The van der Waals surface area contributed by atoms with Crippen LogP contribution in [-0.4, -0.2) is 19.6 Å². The zero-order valence-electron chi connectivity index (χ0n) is 11.0. The third-order valence-corrected chi connectivity index (χ3v) is 2.87. The van der Waals surface area contributed by atoms with Gasteiger partial charge in [-0.15, -0.1) is 0 Å². The van der Waals surface area contributed by atoms with Crippen molar-refractivity contribution in [1.82, 2.24) is 0 Å². The van der Waals surface area contributed by atoms with Crippen LogP contribution < -0.4 is 15.4 Å². The Bertz CT molecular complexity index is 602. The zero-order chi connectivity index (χ0) is 14.4. The molecule has 2 rings (SSSR count). The van der Waals surface area contributed by atoms with Crippen LogP contribution in [-0.2, 0) is 4.79 Å². The average molecular weight is 291 g/mol. The van der Waals surface area contributed by atoms with E-state index < -0.39 is 0 Å². The molecule has 4 nitrogen and oxygen atoms in total. The Morgan fingerprint density at radius 3 is 2.65 bits per heavy atom. The van der Waals surface area contributed by atoms with Gasteiger partial charge in [-0.3, -0.25) is 4.79 Å². The molecule has 0 fully saturated rings. The predicted octanol–water partition coefficient (Wildman–Crippen LogP) is 3.40. The van der Waals surface area contributed by atoms with Gasteiger partial charge < -0.3 is 15.4 Å². The largest absolute Gasteiger partial charge is 0.497 e. The van der Waals surface area contributed by atoms with Crippen LogP contribution in [0.1, 0.15) is 0 Å². The van der Waals surface area contributed by atoms with Gasteiger partial charge in [-0.05, 0) is 30.3 Å². The number of nitrogens with one attached hydrogen (secondary N) is 2. The van der Waals surface area contributed by atoms with Crippen LogP contribution in [0.3, 0.4) is 0 Å². The van der Waals surface area contributed by atoms with Gasteiger partial charge in [-0.1, -0.05) is 23.7 Å². The van der Waals surface area contributed by atoms with E-state index in [-0.39, 0.29) is 12.5 Å². The fraction of sp³-hybridized carbons (Fsp3) is 0.133. The van der Waals surface area contributed by atoms with E-state index in [2.05, 4.69) is 10.6 Å². The van der Waals surface area contributed by atoms with E-state index in [1.165, 1.54) is 0 Å². The minimum atomic E-state index is -0.141. The van der Waals surface area contributed by atoms with Crippen molar-refractivity contribution >= 4 is 28.9 Å². The van der Waals surface area contributed by atoms with Crippen molar-refractivity contribution in [2.24, 2.45) is 0 Å². The maximum Gasteiger partial charge on any atom is 0.243 e. The lowest BCUT2D eigenvalue weighted by atomic mass is 10.3. The summed E-state index contributed by atoms with van der Waals surface area (Å²) >= 11 is 5.87. The number of anilines is 2. The van der Waals surface area contributed by atoms with Crippen molar-refractivity contribution in [1.29, 1.82) is 0 Å². The first-order chi connectivity index (χ1) is 9.67. The van der Waals surface area contributed by atoms with Gasteiger partial charge >= 0.3 is 0 Å². The van der Waals surface area contributed by atoms with Crippen LogP contribution in [0.25, 0.3) is 0 Å². The van der Waals surface area contributed by atoms with Crippen molar-refractivity contribution in [2.45, 2.75) is 0 Å². The first kappa shape index (κ1) is 14.2. The summed E-state index contributed by atoms with van der Waals surface area (Å²) < 4.78 is 5.10. The SMILES string of the molecule is COc1cccc(NC(=O)CNc2cccc(Cl)c2)c1. The van der Waals surface area contributed by atoms with Crippen molar-refractivity contribution < 1.29 is 9.53 Å². The quantitative estimate of drug-likeness (QED) is 0.887. The molecule has 0 saturated carbocycles. The van der Waals surface area contributed by atoms with E-state index >= 15 is 0 Å². The van der Waals surface area contributed by atoms with E-state index in [9.17, 15) is 4.79 Å². The summed E-state index contributed by atoms with van der Waals surface area (Å²) in [6.07, 6.45) is 0. The topological polar surface area (TPSA) is 50.4 Å². The number of benzene rings is 2. The third kappa shape index (κ3) is 4.17. The summed E-state index contributed by atoms with van der Waals surface area (Å²) in [5.41, 5.74) is 1.50. The lowest BCUT2D eigenvalue weighted by molar-refractivity contribution is -0.114. The van der Waals surface area contributed by atoms with E-state index in [1.807, 2.05) is 24.3 Å². The molecule has 2 aromatic carbocycles. The van der Waals surface area contributed by atoms with Crippen molar-refractivity contribution in [3.05, 3.63) is 53.6 Å². The van der Waals surface area contributed by atoms with Gasteiger partial charge in [-0.2, -0.15) is 0 Å². The molecule has 0 bridgehead atoms. The number of halogens is 1. The molecule has 2 aromatic rings. The molecule has 5 heteroatoms. The first-order valence-corrected chi connectivity index (χ1v) is 6.48. The zero-order valence-corrected chi connectivity index (χ0v) is 11.8. The average Bonchev–Trinajstić information content (AvgIpc) is 2.45. The van der Waals surface area contributed by atoms with Crippen LogP contribution in [0, 0.1) is 0 Å². The number of hydrogen-bond acceptors (Lipinski definition) is 3. The van der Waals surface area contributed by atoms with Crippen LogP contribution in [0.2, 0.25) is 5.02 Å². The highest BCUT2D eigenvalue weighted by Crippen LogP contribution is 2.17. The van der Waals surface area contributed by atoms with E-state index in [0.717, 1.165) is 5.69 Å². The second-order valence-corrected chi connectivity index (χ2v) is 4.58. The van der Waals surface area contributed by atoms with Gasteiger partial charge in [0.2, 0.25) is 5.91 Å². The molecule has 1 amide bonds. The molecule has 2 N–H and O–H groups in total. The number of rotatable bonds is 5. The van der Waals surface area contributed by atoms with Crippen LogP contribution in [0.4, 0.5) is 11.4 Å². The second-order valence-electron chi connectivity index (χ2n) is 4.14. The summed E-state index contributed by atoms with van der Waals surface area (Å²) in [5, 5.41) is 6.42. The summed E-state index contributed by atoms with van der Waals surface area (Å²) in [6.45, 7) is 0.164. The van der Waals surface area contributed by atoms with E-state index in [0.29, 0.717) is 16.5 Å². The number of methoxy groups -OCH3 is 1. The summed E-state index contributed by atoms with van der Waals surface area (Å²) in [5.74, 6) is 0.559. The Labute approximate surface area is 122 Å². The number of amides is 1. The Morgan fingerprint density at radius 2 is 1.90 bits per heavy atom. The Hall–Kier alpha value is -2.20. The van der Waals surface area contributed by atoms with E-state index in [4.69, 9.17) is 16.3 Å². The third-order valence-electron chi connectivity index (χ3n) is 2.63. The van der Waals surface area contributed by atoms with Crippen molar-refractivity contribution in [3.63, 3.8) is 0 Å². The van der Waals surface area contributed by atoms with Gasteiger partial charge in [0, 0.05) is 22.5 Å². The monoisotopic (exact) mass is 290 g/mol. The lowest BCUT2D eigenvalue weighted by Gasteiger charge is -2.09. The highest BCUT2D eigenvalue weighted by Gasteiger charge is 2.03. The summed E-state index contributed by atoms with van der Waals surface area (Å²) in [6, 6.07) is 14.4. The molecule has 104 valence electrons. The smallest absolute Gasteiger partial charge is 0.243 e. The molecule has 0 aliphatic carbocycles. The van der Waals surface area contributed by atoms with Crippen LogP contribution >= 0.6 is 11.6 Å². The minimum absolute atomic E-state index is 0.141. The molecule has 0 aliphatic rings. The molecule has 0 saturated heterocycles. The highest BCUT2D eigenvalue weighted by atomic mass is 35.5. The maximum absolute atomic E-state index is 11.8. The fourth-order valence-electron chi connectivity index (χ4n) is 1.69. The summed E-state index contributed by atoms with van der Waals surface area (Å²) in [4.78, 5) is 11.8. The van der Waals surface area contributed by atoms with Crippen LogP contribution in [0.5, 0.6) is 5.75 Å². The lowest BCUT2D eigenvalue weighted by Crippen LogP contribution is -2.21. The first-order valence-electron chi connectivity index (χ1n) is 6.11. The molecular formula is C15H15ClN2O2. The molecule has 0 atom stereocenters. The number of hydrogen-bond donors (Lipinski definition) is 2. The molecule has 20 heavy (non-hydrogen) atoms. The van der Waals surface area contributed by atoms with Gasteiger partial charge in [0.25, 0.3) is 0 Å². The Kier molecular flexibility index (Phi) is 4.85. The molecule has 0 spiro atoms. The van der Waals surface area contributed by atoms with Crippen LogP contribution in [0.15, 0.2) is 48.5 Å². The number of ether oxygens (including phenoxy) is 1.